The number of nitrogen functional groups attached to an aromatic ring is 1. The molecule has 0 atom stereocenters. The SMILES string of the molecule is Cc1ccc(N)c(C)c1NC(=O)Cc1ccc(Cl)c(Cl)c1. The van der Waals surface area contributed by atoms with Crippen molar-refractivity contribution in [2.75, 3.05) is 11.1 Å². The Hall–Kier alpha value is -1.71. The number of amides is 1. The first-order chi connectivity index (χ1) is 9.88. The van der Waals surface area contributed by atoms with E-state index in [9.17, 15) is 4.79 Å². The van der Waals surface area contributed by atoms with Gasteiger partial charge in [-0.15, -0.1) is 0 Å². The molecule has 3 nitrogen and oxygen atoms in total. The second-order valence-corrected chi connectivity index (χ2v) is 5.76. The first-order valence-electron chi connectivity index (χ1n) is 6.48. The van der Waals surface area contributed by atoms with Crippen LogP contribution in [0, 0.1) is 13.8 Å². The lowest BCUT2D eigenvalue weighted by molar-refractivity contribution is -0.115. The molecule has 5 heteroatoms. The summed E-state index contributed by atoms with van der Waals surface area (Å²) in [6.07, 6.45) is 0.227. The Balaban J connectivity index is 2.15. The third kappa shape index (κ3) is 3.69. The topological polar surface area (TPSA) is 55.1 Å². The largest absolute Gasteiger partial charge is 0.398 e. The summed E-state index contributed by atoms with van der Waals surface area (Å²) < 4.78 is 0. The molecule has 110 valence electrons. The number of carbonyl (C=O) groups excluding carboxylic acids is 1. The predicted molar refractivity (Wildman–Crippen MR) is 89.1 cm³/mol. The summed E-state index contributed by atoms with van der Waals surface area (Å²) in [5, 5.41) is 3.83. The fourth-order valence-corrected chi connectivity index (χ4v) is 2.39. The Kier molecular flexibility index (Phi) is 4.76. The molecule has 0 bridgehead atoms. The summed E-state index contributed by atoms with van der Waals surface area (Å²) in [6.45, 7) is 3.82. The molecule has 0 saturated carbocycles. The Morgan fingerprint density at radius 2 is 1.86 bits per heavy atom. The summed E-state index contributed by atoms with van der Waals surface area (Å²) in [5.41, 5.74) is 9.95. The summed E-state index contributed by atoms with van der Waals surface area (Å²) in [7, 11) is 0. The van der Waals surface area contributed by atoms with Gasteiger partial charge in [0.05, 0.1) is 16.5 Å². The van der Waals surface area contributed by atoms with Gasteiger partial charge >= 0.3 is 0 Å². The van der Waals surface area contributed by atoms with Gasteiger partial charge in [-0.25, -0.2) is 0 Å². The van der Waals surface area contributed by atoms with E-state index in [1.807, 2.05) is 26.0 Å². The van der Waals surface area contributed by atoms with E-state index in [-0.39, 0.29) is 12.3 Å². The van der Waals surface area contributed by atoms with Gasteiger partial charge in [-0.05, 0) is 48.7 Å². The van der Waals surface area contributed by atoms with Crippen LogP contribution < -0.4 is 11.1 Å². The summed E-state index contributed by atoms with van der Waals surface area (Å²) in [6, 6.07) is 8.88. The van der Waals surface area contributed by atoms with Crippen molar-refractivity contribution in [3.8, 4) is 0 Å². The second kappa shape index (κ2) is 6.37. The van der Waals surface area contributed by atoms with Crippen LogP contribution in [-0.4, -0.2) is 5.91 Å². The summed E-state index contributed by atoms with van der Waals surface area (Å²) in [5.74, 6) is -0.120. The zero-order valence-electron chi connectivity index (χ0n) is 11.8. The highest BCUT2D eigenvalue weighted by Gasteiger charge is 2.11. The van der Waals surface area contributed by atoms with E-state index < -0.39 is 0 Å². The molecule has 0 heterocycles. The predicted octanol–water partition coefficient (Wildman–Crippen LogP) is 4.37. The standard InChI is InChI=1S/C16H16Cl2N2O/c1-9-3-6-14(19)10(2)16(9)20-15(21)8-11-4-5-12(17)13(18)7-11/h3-7H,8,19H2,1-2H3,(H,20,21). The number of aryl methyl sites for hydroxylation is 1. The molecule has 21 heavy (non-hydrogen) atoms. The number of anilines is 2. The molecule has 0 aliphatic heterocycles. The minimum Gasteiger partial charge on any atom is -0.398 e. The van der Waals surface area contributed by atoms with Crippen LogP contribution in [0.5, 0.6) is 0 Å². The smallest absolute Gasteiger partial charge is 0.228 e. The fourth-order valence-electron chi connectivity index (χ4n) is 2.07. The average Bonchev–Trinajstić information content (AvgIpc) is 2.43. The van der Waals surface area contributed by atoms with Gasteiger partial charge in [-0.2, -0.15) is 0 Å². The molecule has 2 rings (SSSR count). The van der Waals surface area contributed by atoms with Gasteiger partial charge in [0.15, 0.2) is 0 Å². The first kappa shape index (κ1) is 15.7. The van der Waals surface area contributed by atoms with Crippen molar-refractivity contribution in [3.05, 3.63) is 57.1 Å². The maximum atomic E-state index is 12.2. The molecule has 0 unspecified atom stereocenters. The van der Waals surface area contributed by atoms with Gasteiger partial charge in [0, 0.05) is 11.4 Å². The van der Waals surface area contributed by atoms with Crippen molar-refractivity contribution >= 4 is 40.5 Å². The molecular formula is C16H16Cl2N2O. The van der Waals surface area contributed by atoms with E-state index in [0.717, 1.165) is 22.4 Å². The Morgan fingerprint density at radius 3 is 2.52 bits per heavy atom. The Labute approximate surface area is 134 Å². The Morgan fingerprint density at radius 1 is 1.14 bits per heavy atom. The molecule has 0 fully saturated rings. The van der Waals surface area contributed by atoms with Gasteiger partial charge in [0.1, 0.15) is 0 Å². The molecule has 0 aromatic heterocycles. The molecule has 2 aromatic rings. The number of hydrogen-bond acceptors (Lipinski definition) is 2. The van der Waals surface area contributed by atoms with Gasteiger partial charge in [-0.1, -0.05) is 35.3 Å². The normalized spacial score (nSPS) is 10.5. The molecular weight excluding hydrogens is 307 g/mol. The van der Waals surface area contributed by atoms with Crippen LogP contribution in [0.4, 0.5) is 11.4 Å². The van der Waals surface area contributed by atoms with Gasteiger partial charge in [0.25, 0.3) is 0 Å². The van der Waals surface area contributed by atoms with E-state index in [2.05, 4.69) is 5.32 Å². The lowest BCUT2D eigenvalue weighted by Crippen LogP contribution is -2.16. The number of nitrogens with one attached hydrogen (secondary N) is 1. The lowest BCUT2D eigenvalue weighted by atomic mass is 10.1. The van der Waals surface area contributed by atoms with E-state index >= 15 is 0 Å². The molecule has 3 N–H and O–H groups in total. The van der Waals surface area contributed by atoms with Crippen LogP contribution in [-0.2, 0) is 11.2 Å². The quantitative estimate of drug-likeness (QED) is 0.824. The fraction of sp³-hybridized carbons (Fsp3) is 0.188. The number of carbonyl (C=O) groups is 1. The third-order valence-corrected chi connectivity index (χ3v) is 4.07. The van der Waals surface area contributed by atoms with E-state index in [1.165, 1.54) is 0 Å². The van der Waals surface area contributed by atoms with Crippen molar-refractivity contribution in [2.45, 2.75) is 20.3 Å². The van der Waals surface area contributed by atoms with Crippen molar-refractivity contribution in [1.29, 1.82) is 0 Å². The summed E-state index contributed by atoms with van der Waals surface area (Å²) >= 11 is 11.8. The first-order valence-corrected chi connectivity index (χ1v) is 7.23. The second-order valence-electron chi connectivity index (χ2n) is 4.95. The Bertz CT molecular complexity index is 699. The average molecular weight is 323 g/mol. The molecule has 2 aromatic carbocycles. The van der Waals surface area contributed by atoms with E-state index in [1.54, 1.807) is 18.2 Å². The van der Waals surface area contributed by atoms with Gasteiger partial charge in [0.2, 0.25) is 5.91 Å². The number of halogens is 2. The van der Waals surface area contributed by atoms with Crippen LogP contribution in [0.1, 0.15) is 16.7 Å². The molecule has 0 saturated heterocycles. The number of hydrogen-bond donors (Lipinski definition) is 2. The van der Waals surface area contributed by atoms with Crippen molar-refractivity contribution in [3.63, 3.8) is 0 Å². The van der Waals surface area contributed by atoms with Crippen molar-refractivity contribution in [1.82, 2.24) is 0 Å². The molecule has 1 amide bonds. The minimum absolute atomic E-state index is 0.120. The van der Waals surface area contributed by atoms with Crippen molar-refractivity contribution < 1.29 is 4.79 Å². The van der Waals surface area contributed by atoms with Crippen LogP contribution in [0.25, 0.3) is 0 Å². The van der Waals surface area contributed by atoms with Crippen LogP contribution in [0.2, 0.25) is 10.0 Å². The number of benzene rings is 2. The highest BCUT2D eigenvalue weighted by molar-refractivity contribution is 6.42. The molecule has 0 spiro atoms. The molecule has 0 aliphatic rings. The molecule has 0 aliphatic carbocycles. The maximum absolute atomic E-state index is 12.2. The lowest BCUT2D eigenvalue weighted by Gasteiger charge is -2.13. The molecule has 0 radical (unpaired) electrons. The summed E-state index contributed by atoms with van der Waals surface area (Å²) in [4.78, 5) is 12.2. The minimum atomic E-state index is -0.120. The van der Waals surface area contributed by atoms with Crippen LogP contribution in [0.15, 0.2) is 30.3 Å². The number of rotatable bonds is 3. The van der Waals surface area contributed by atoms with Gasteiger partial charge < -0.3 is 11.1 Å². The van der Waals surface area contributed by atoms with Crippen LogP contribution in [0.3, 0.4) is 0 Å². The zero-order valence-corrected chi connectivity index (χ0v) is 13.3. The third-order valence-electron chi connectivity index (χ3n) is 3.33. The zero-order chi connectivity index (χ0) is 15.6. The highest BCUT2D eigenvalue weighted by Crippen LogP contribution is 2.26. The highest BCUT2D eigenvalue weighted by atomic mass is 35.5. The van der Waals surface area contributed by atoms with Gasteiger partial charge in [-0.3, -0.25) is 4.79 Å². The van der Waals surface area contributed by atoms with Crippen LogP contribution >= 0.6 is 23.2 Å². The number of nitrogens with two attached hydrogens (primary N) is 1. The monoisotopic (exact) mass is 322 g/mol. The van der Waals surface area contributed by atoms with Crippen molar-refractivity contribution in [2.24, 2.45) is 0 Å². The maximum Gasteiger partial charge on any atom is 0.228 e. The van der Waals surface area contributed by atoms with E-state index in [0.29, 0.717) is 15.7 Å². The van der Waals surface area contributed by atoms with E-state index in [4.69, 9.17) is 28.9 Å².